The van der Waals surface area contributed by atoms with E-state index in [1.807, 2.05) is 45.0 Å². The minimum Gasteiger partial charge on any atom is -0.355 e. The van der Waals surface area contributed by atoms with E-state index < -0.39 is 0 Å². The maximum absolute atomic E-state index is 12.5. The number of likely N-dealkylation sites (N-methyl/N-ethyl adjacent to an activating group) is 1. The number of hydrogen-bond donors (Lipinski definition) is 0. The number of amides is 2. The van der Waals surface area contributed by atoms with E-state index in [0.717, 1.165) is 24.0 Å². The summed E-state index contributed by atoms with van der Waals surface area (Å²) in [6.07, 6.45) is 1.79. The molecule has 0 bridgehead atoms. The van der Waals surface area contributed by atoms with E-state index in [-0.39, 0.29) is 24.1 Å². The number of rotatable bonds is 8. The number of aryl methyl sites for hydroxylation is 1. The van der Waals surface area contributed by atoms with E-state index in [0.29, 0.717) is 18.8 Å². The normalized spacial score (nSPS) is 10.6. The molecule has 2 aromatic rings. The van der Waals surface area contributed by atoms with Crippen molar-refractivity contribution < 1.29 is 14.1 Å². The van der Waals surface area contributed by atoms with E-state index in [2.05, 4.69) is 5.16 Å². The molecule has 1 aromatic carbocycles. The first kappa shape index (κ1) is 19.7. The zero-order valence-corrected chi connectivity index (χ0v) is 16.0. The summed E-state index contributed by atoms with van der Waals surface area (Å²) in [5.41, 5.74) is 2.21. The van der Waals surface area contributed by atoms with E-state index in [1.54, 1.807) is 18.0 Å². The Bertz CT molecular complexity index is 731. The molecule has 6 nitrogen and oxygen atoms in total. The summed E-state index contributed by atoms with van der Waals surface area (Å²) in [6, 6.07) is 9.40. The molecule has 2 amide bonds. The summed E-state index contributed by atoms with van der Waals surface area (Å²) in [6.45, 7) is 7.52. The van der Waals surface area contributed by atoms with Crippen LogP contribution in [0.1, 0.15) is 42.7 Å². The Morgan fingerprint density at radius 3 is 2.27 bits per heavy atom. The van der Waals surface area contributed by atoms with Gasteiger partial charge < -0.3 is 14.3 Å². The second kappa shape index (κ2) is 9.17. The van der Waals surface area contributed by atoms with Crippen LogP contribution in [0.25, 0.3) is 11.3 Å². The molecular weight excluding hydrogens is 330 g/mol. The molecule has 0 aliphatic rings. The van der Waals surface area contributed by atoms with Crippen LogP contribution < -0.4 is 0 Å². The number of nitrogens with zero attached hydrogens (tertiary/aromatic N) is 3. The Morgan fingerprint density at radius 2 is 1.69 bits per heavy atom. The van der Waals surface area contributed by atoms with Crippen LogP contribution in [0.5, 0.6) is 0 Å². The average Bonchev–Trinajstić information content (AvgIpc) is 3.11. The highest BCUT2D eigenvalue weighted by Gasteiger charge is 2.21. The first-order valence-electron chi connectivity index (χ1n) is 9.03. The zero-order valence-electron chi connectivity index (χ0n) is 16.0. The second-order valence-electron chi connectivity index (χ2n) is 6.48. The largest absolute Gasteiger partial charge is 0.355 e. The van der Waals surface area contributed by atoms with E-state index in [1.165, 1.54) is 4.90 Å². The van der Waals surface area contributed by atoms with Crippen LogP contribution in [0.15, 0.2) is 34.9 Å². The van der Waals surface area contributed by atoms with Crippen molar-refractivity contribution in [3.63, 3.8) is 0 Å². The van der Waals surface area contributed by atoms with Gasteiger partial charge in [-0.2, -0.15) is 0 Å². The number of aromatic nitrogens is 1. The topological polar surface area (TPSA) is 66.7 Å². The van der Waals surface area contributed by atoms with E-state index in [9.17, 15) is 9.59 Å². The maximum atomic E-state index is 12.5. The standard InChI is InChI=1S/C20H27N3O3/c1-5-11-23(12-6-2)19(24)14-22(4)20(25)17-13-18(26-21-17)16-9-7-15(3)8-10-16/h7-10,13H,5-6,11-12,14H2,1-4H3. The molecule has 0 saturated heterocycles. The van der Waals surface area contributed by atoms with Gasteiger partial charge in [-0.25, -0.2) is 0 Å². The van der Waals surface area contributed by atoms with Crippen LogP contribution in [0, 0.1) is 6.92 Å². The smallest absolute Gasteiger partial charge is 0.276 e. The van der Waals surface area contributed by atoms with Crippen LogP contribution in [0.3, 0.4) is 0 Å². The van der Waals surface area contributed by atoms with Gasteiger partial charge in [0.05, 0.1) is 6.54 Å². The minimum atomic E-state index is -0.326. The molecule has 0 atom stereocenters. The molecule has 0 radical (unpaired) electrons. The second-order valence-corrected chi connectivity index (χ2v) is 6.48. The Kier molecular flexibility index (Phi) is 6.95. The van der Waals surface area contributed by atoms with Gasteiger partial charge in [0.25, 0.3) is 5.91 Å². The lowest BCUT2D eigenvalue weighted by Crippen LogP contribution is -2.41. The molecular formula is C20H27N3O3. The Balaban J connectivity index is 2.04. The van der Waals surface area contributed by atoms with Crippen molar-refractivity contribution in [2.24, 2.45) is 0 Å². The van der Waals surface area contributed by atoms with Crippen molar-refractivity contribution in [3.8, 4) is 11.3 Å². The third-order valence-electron chi connectivity index (χ3n) is 4.12. The summed E-state index contributed by atoms with van der Waals surface area (Å²) >= 11 is 0. The number of carbonyl (C=O) groups is 2. The molecule has 0 unspecified atom stereocenters. The molecule has 2 rings (SSSR count). The first-order chi connectivity index (χ1) is 12.5. The van der Waals surface area contributed by atoms with Crippen molar-refractivity contribution in [1.82, 2.24) is 15.0 Å². The van der Waals surface area contributed by atoms with E-state index in [4.69, 9.17) is 4.52 Å². The molecule has 6 heteroatoms. The zero-order chi connectivity index (χ0) is 19.1. The van der Waals surface area contributed by atoms with Gasteiger partial charge in [-0.1, -0.05) is 48.8 Å². The Hall–Kier alpha value is -2.63. The molecule has 0 spiro atoms. The predicted molar refractivity (Wildman–Crippen MR) is 101 cm³/mol. The average molecular weight is 357 g/mol. The monoisotopic (exact) mass is 357 g/mol. The van der Waals surface area contributed by atoms with Gasteiger partial charge in [0, 0.05) is 31.8 Å². The molecule has 0 aliphatic carbocycles. The summed E-state index contributed by atoms with van der Waals surface area (Å²) in [4.78, 5) is 28.1. The maximum Gasteiger partial charge on any atom is 0.276 e. The number of benzene rings is 1. The molecule has 140 valence electrons. The first-order valence-corrected chi connectivity index (χ1v) is 9.03. The van der Waals surface area contributed by atoms with Crippen molar-refractivity contribution in [2.75, 3.05) is 26.7 Å². The summed E-state index contributed by atoms with van der Waals surface area (Å²) in [5, 5.41) is 3.87. The van der Waals surface area contributed by atoms with Crippen molar-refractivity contribution in [3.05, 3.63) is 41.6 Å². The fraction of sp³-hybridized carbons (Fsp3) is 0.450. The van der Waals surface area contributed by atoms with Crippen LogP contribution in [-0.2, 0) is 4.79 Å². The van der Waals surface area contributed by atoms with E-state index >= 15 is 0 Å². The summed E-state index contributed by atoms with van der Waals surface area (Å²) in [7, 11) is 1.61. The van der Waals surface area contributed by atoms with Crippen molar-refractivity contribution in [1.29, 1.82) is 0 Å². The fourth-order valence-electron chi connectivity index (χ4n) is 2.70. The molecule has 26 heavy (non-hydrogen) atoms. The van der Waals surface area contributed by atoms with Gasteiger partial charge in [0.2, 0.25) is 5.91 Å². The molecule has 0 fully saturated rings. The van der Waals surface area contributed by atoms with Crippen molar-refractivity contribution in [2.45, 2.75) is 33.6 Å². The molecule has 1 heterocycles. The highest BCUT2D eigenvalue weighted by atomic mass is 16.5. The molecule has 0 N–H and O–H groups in total. The summed E-state index contributed by atoms with van der Waals surface area (Å²) < 4.78 is 5.30. The molecule has 0 aliphatic heterocycles. The Morgan fingerprint density at radius 1 is 1.08 bits per heavy atom. The molecule has 1 aromatic heterocycles. The number of carbonyl (C=O) groups excluding carboxylic acids is 2. The Labute approximate surface area is 154 Å². The lowest BCUT2D eigenvalue weighted by atomic mass is 10.1. The van der Waals surface area contributed by atoms with Crippen LogP contribution >= 0.6 is 0 Å². The van der Waals surface area contributed by atoms with Gasteiger partial charge >= 0.3 is 0 Å². The SMILES string of the molecule is CCCN(CCC)C(=O)CN(C)C(=O)c1cc(-c2ccc(C)cc2)on1. The third kappa shape index (κ3) is 4.94. The van der Waals surface area contributed by atoms with Gasteiger partial charge in [0.15, 0.2) is 11.5 Å². The number of hydrogen-bond acceptors (Lipinski definition) is 4. The predicted octanol–water partition coefficient (Wildman–Crippen LogP) is 3.37. The highest BCUT2D eigenvalue weighted by molar-refractivity contribution is 5.95. The third-order valence-corrected chi connectivity index (χ3v) is 4.12. The summed E-state index contributed by atoms with van der Waals surface area (Å²) in [5.74, 6) is 0.159. The minimum absolute atomic E-state index is 0.0333. The fourth-order valence-corrected chi connectivity index (χ4v) is 2.70. The van der Waals surface area contributed by atoms with Crippen LogP contribution in [0.2, 0.25) is 0 Å². The van der Waals surface area contributed by atoms with Crippen LogP contribution in [0.4, 0.5) is 0 Å². The van der Waals surface area contributed by atoms with Crippen LogP contribution in [-0.4, -0.2) is 53.5 Å². The van der Waals surface area contributed by atoms with Gasteiger partial charge in [0.1, 0.15) is 0 Å². The lowest BCUT2D eigenvalue weighted by molar-refractivity contribution is -0.131. The quantitative estimate of drug-likeness (QED) is 0.726. The van der Waals surface area contributed by atoms with Gasteiger partial charge in [-0.05, 0) is 19.8 Å². The van der Waals surface area contributed by atoms with Gasteiger partial charge in [-0.3, -0.25) is 9.59 Å². The molecule has 0 saturated carbocycles. The van der Waals surface area contributed by atoms with Crippen molar-refractivity contribution >= 4 is 11.8 Å². The highest BCUT2D eigenvalue weighted by Crippen LogP contribution is 2.21. The lowest BCUT2D eigenvalue weighted by Gasteiger charge is -2.24. The van der Waals surface area contributed by atoms with Gasteiger partial charge in [-0.15, -0.1) is 0 Å².